The number of carbonyl (C=O) groups is 1. The van der Waals surface area contributed by atoms with Gasteiger partial charge in [-0.1, -0.05) is 28.1 Å². The van der Waals surface area contributed by atoms with Crippen molar-refractivity contribution in [3.8, 4) is 0 Å². The normalized spacial score (nSPS) is 14.5. The second kappa shape index (κ2) is 6.90. The number of ether oxygens (including phenoxy) is 1. The number of halogens is 1. The van der Waals surface area contributed by atoms with Gasteiger partial charge in [-0.25, -0.2) is 0 Å². The Morgan fingerprint density at radius 3 is 2.67 bits per heavy atom. The van der Waals surface area contributed by atoms with Gasteiger partial charge in [0.15, 0.2) is 0 Å². The first-order valence-corrected chi connectivity index (χ1v) is 7.42. The maximum atomic E-state index is 11.8. The molecule has 1 aliphatic rings. The molecule has 1 fully saturated rings. The minimum atomic E-state index is -0.0360. The SMILES string of the molecule is O=C(NCCOCC1CC1)c1ccc(CBr)cc1. The molecule has 0 aromatic heterocycles. The summed E-state index contributed by atoms with van der Waals surface area (Å²) < 4.78 is 5.46. The lowest BCUT2D eigenvalue weighted by Crippen LogP contribution is -2.27. The fraction of sp³-hybridized carbons (Fsp3) is 0.500. The molecule has 0 heterocycles. The molecule has 1 aliphatic carbocycles. The van der Waals surface area contributed by atoms with E-state index in [0.29, 0.717) is 18.7 Å². The van der Waals surface area contributed by atoms with Gasteiger partial charge in [0.1, 0.15) is 0 Å². The second-order valence-corrected chi connectivity index (χ2v) is 5.17. The highest BCUT2D eigenvalue weighted by molar-refractivity contribution is 9.08. The van der Waals surface area contributed by atoms with Gasteiger partial charge in [-0.2, -0.15) is 0 Å². The average molecular weight is 312 g/mol. The van der Waals surface area contributed by atoms with Gasteiger partial charge < -0.3 is 10.1 Å². The number of nitrogens with one attached hydrogen (secondary N) is 1. The zero-order valence-corrected chi connectivity index (χ0v) is 11.9. The number of hydrogen-bond acceptors (Lipinski definition) is 2. The van der Waals surface area contributed by atoms with E-state index in [9.17, 15) is 4.79 Å². The van der Waals surface area contributed by atoms with E-state index in [-0.39, 0.29) is 5.91 Å². The first-order valence-electron chi connectivity index (χ1n) is 6.30. The second-order valence-electron chi connectivity index (χ2n) is 4.60. The van der Waals surface area contributed by atoms with Crippen molar-refractivity contribution in [2.75, 3.05) is 19.8 Å². The van der Waals surface area contributed by atoms with Crippen LogP contribution in [0.3, 0.4) is 0 Å². The molecule has 1 saturated carbocycles. The van der Waals surface area contributed by atoms with E-state index >= 15 is 0 Å². The molecule has 0 saturated heterocycles. The molecular weight excluding hydrogens is 294 g/mol. The molecule has 0 bridgehead atoms. The van der Waals surface area contributed by atoms with E-state index in [1.807, 2.05) is 24.3 Å². The number of benzene rings is 1. The van der Waals surface area contributed by atoms with E-state index < -0.39 is 0 Å². The summed E-state index contributed by atoms with van der Waals surface area (Å²) in [4.78, 5) is 11.8. The molecule has 98 valence electrons. The summed E-state index contributed by atoms with van der Waals surface area (Å²) in [7, 11) is 0. The molecule has 2 rings (SSSR count). The van der Waals surface area contributed by atoms with E-state index in [0.717, 1.165) is 17.9 Å². The van der Waals surface area contributed by atoms with Crippen molar-refractivity contribution < 1.29 is 9.53 Å². The summed E-state index contributed by atoms with van der Waals surface area (Å²) in [6, 6.07) is 7.59. The summed E-state index contributed by atoms with van der Waals surface area (Å²) in [6.07, 6.45) is 2.60. The Balaban J connectivity index is 1.65. The third kappa shape index (κ3) is 4.42. The Bertz CT molecular complexity index is 387. The molecule has 3 nitrogen and oxygen atoms in total. The van der Waals surface area contributed by atoms with Gasteiger partial charge in [0.05, 0.1) is 6.61 Å². The van der Waals surface area contributed by atoms with Crippen molar-refractivity contribution in [2.24, 2.45) is 5.92 Å². The molecule has 1 aromatic rings. The lowest BCUT2D eigenvalue weighted by Gasteiger charge is -2.06. The zero-order chi connectivity index (χ0) is 12.8. The number of alkyl halides is 1. The summed E-state index contributed by atoms with van der Waals surface area (Å²) in [5, 5.41) is 3.66. The van der Waals surface area contributed by atoms with Crippen LogP contribution in [-0.4, -0.2) is 25.7 Å². The van der Waals surface area contributed by atoms with Gasteiger partial charge in [-0.15, -0.1) is 0 Å². The highest BCUT2D eigenvalue weighted by Gasteiger charge is 2.20. The maximum absolute atomic E-state index is 11.8. The molecule has 0 unspecified atom stereocenters. The van der Waals surface area contributed by atoms with E-state index in [1.54, 1.807) is 0 Å². The third-order valence-electron chi connectivity index (χ3n) is 2.95. The van der Waals surface area contributed by atoms with Crippen LogP contribution in [0.15, 0.2) is 24.3 Å². The van der Waals surface area contributed by atoms with E-state index in [2.05, 4.69) is 21.2 Å². The predicted octanol–water partition coefficient (Wildman–Crippen LogP) is 2.74. The van der Waals surface area contributed by atoms with Crippen molar-refractivity contribution in [1.29, 1.82) is 0 Å². The monoisotopic (exact) mass is 311 g/mol. The van der Waals surface area contributed by atoms with Crippen LogP contribution < -0.4 is 5.32 Å². The molecule has 1 amide bonds. The molecule has 1 aromatic carbocycles. The van der Waals surface area contributed by atoms with Crippen molar-refractivity contribution >= 4 is 21.8 Å². The van der Waals surface area contributed by atoms with Crippen molar-refractivity contribution in [3.63, 3.8) is 0 Å². The smallest absolute Gasteiger partial charge is 0.251 e. The number of hydrogen-bond donors (Lipinski definition) is 1. The van der Waals surface area contributed by atoms with Crippen LogP contribution >= 0.6 is 15.9 Å². The van der Waals surface area contributed by atoms with Gasteiger partial charge in [-0.3, -0.25) is 4.79 Å². The lowest BCUT2D eigenvalue weighted by molar-refractivity contribution is 0.0906. The molecule has 0 radical (unpaired) electrons. The fourth-order valence-electron chi connectivity index (χ4n) is 1.62. The molecular formula is C14H18BrNO2. The number of amides is 1. The summed E-state index contributed by atoms with van der Waals surface area (Å²) in [6.45, 7) is 2.02. The minimum absolute atomic E-state index is 0.0360. The Morgan fingerprint density at radius 2 is 2.06 bits per heavy atom. The maximum Gasteiger partial charge on any atom is 0.251 e. The predicted molar refractivity (Wildman–Crippen MR) is 74.9 cm³/mol. The third-order valence-corrected chi connectivity index (χ3v) is 3.60. The standard InChI is InChI=1S/C14H18BrNO2/c15-9-11-3-5-13(6-4-11)14(17)16-7-8-18-10-12-1-2-12/h3-6,12H,1-2,7-10H2,(H,16,17). The molecule has 1 N–H and O–H groups in total. The molecule has 0 spiro atoms. The lowest BCUT2D eigenvalue weighted by atomic mass is 10.1. The Morgan fingerprint density at radius 1 is 1.33 bits per heavy atom. The highest BCUT2D eigenvalue weighted by atomic mass is 79.9. The Hall–Kier alpha value is -0.870. The minimum Gasteiger partial charge on any atom is -0.379 e. The molecule has 18 heavy (non-hydrogen) atoms. The van der Waals surface area contributed by atoms with Crippen LogP contribution in [0, 0.1) is 5.92 Å². The van der Waals surface area contributed by atoms with Crippen LogP contribution in [0.2, 0.25) is 0 Å². The van der Waals surface area contributed by atoms with Crippen LogP contribution in [0.4, 0.5) is 0 Å². The average Bonchev–Trinajstić information content (AvgIpc) is 3.22. The Kier molecular flexibility index (Phi) is 5.20. The van der Waals surface area contributed by atoms with Gasteiger partial charge >= 0.3 is 0 Å². The van der Waals surface area contributed by atoms with Gasteiger partial charge in [-0.05, 0) is 36.5 Å². The highest BCUT2D eigenvalue weighted by Crippen LogP contribution is 2.28. The molecule has 0 atom stereocenters. The van der Waals surface area contributed by atoms with E-state index in [4.69, 9.17) is 4.74 Å². The molecule has 4 heteroatoms. The van der Waals surface area contributed by atoms with Crippen molar-refractivity contribution in [3.05, 3.63) is 35.4 Å². The van der Waals surface area contributed by atoms with Gasteiger partial charge in [0, 0.05) is 24.0 Å². The van der Waals surface area contributed by atoms with E-state index in [1.165, 1.54) is 18.4 Å². The van der Waals surface area contributed by atoms with Crippen molar-refractivity contribution in [2.45, 2.75) is 18.2 Å². The van der Waals surface area contributed by atoms with Gasteiger partial charge in [0.2, 0.25) is 0 Å². The van der Waals surface area contributed by atoms with Crippen LogP contribution in [0.5, 0.6) is 0 Å². The van der Waals surface area contributed by atoms with Crippen LogP contribution in [0.25, 0.3) is 0 Å². The largest absolute Gasteiger partial charge is 0.379 e. The quantitative estimate of drug-likeness (QED) is 0.621. The zero-order valence-electron chi connectivity index (χ0n) is 10.3. The first kappa shape index (κ1) is 13.6. The Labute approximate surface area is 116 Å². The van der Waals surface area contributed by atoms with Gasteiger partial charge in [0.25, 0.3) is 5.91 Å². The summed E-state index contributed by atoms with van der Waals surface area (Å²) in [5.41, 5.74) is 1.86. The van der Waals surface area contributed by atoms with Crippen molar-refractivity contribution in [1.82, 2.24) is 5.32 Å². The summed E-state index contributed by atoms with van der Waals surface area (Å²) in [5.74, 6) is 0.739. The van der Waals surface area contributed by atoms with Crippen LogP contribution in [-0.2, 0) is 10.1 Å². The number of rotatable bonds is 7. The summed E-state index contributed by atoms with van der Waals surface area (Å²) >= 11 is 3.38. The fourth-order valence-corrected chi connectivity index (χ4v) is 1.99. The topological polar surface area (TPSA) is 38.3 Å². The first-order chi connectivity index (χ1) is 8.79. The number of carbonyl (C=O) groups excluding carboxylic acids is 1. The molecule has 0 aliphatic heterocycles. The van der Waals surface area contributed by atoms with Crippen LogP contribution in [0.1, 0.15) is 28.8 Å².